The van der Waals surface area contributed by atoms with Crippen LogP contribution in [0, 0.1) is 0 Å². The Balaban J connectivity index is 3.17. The Hall–Kier alpha value is -1.77. The van der Waals surface area contributed by atoms with Crippen LogP contribution in [0.4, 0.5) is 0 Å². The number of hydrogen-bond acceptors (Lipinski definition) is 3. The smallest absolute Gasteiger partial charge is 0.152 e. The van der Waals surface area contributed by atoms with Gasteiger partial charge in [0.1, 0.15) is 5.75 Å². The van der Waals surface area contributed by atoms with Crippen molar-refractivity contribution >= 4 is 11.9 Å². The fourth-order valence-corrected chi connectivity index (χ4v) is 1.32. The summed E-state index contributed by atoms with van der Waals surface area (Å²) in [6.45, 7) is 0. The minimum Gasteiger partial charge on any atom is -0.496 e. The number of aldehydes is 1. The Labute approximate surface area is 90.0 Å². The van der Waals surface area contributed by atoms with E-state index in [2.05, 4.69) is 0 Å². The summed E-state index contributed by atoms with van der Waals surface area (Å²) in [5, 5.41) is 0. The van der Waals surface area contributed by atoms with Crippen molar-refractivity contribution in [3.05, 3.63) is 36.0 Å². The van der Waals surface area contributed by atoms with Gasteiger partial charge in [0.15, 0.2) is 6.29 Å². The number of rotatable bonds is 4. The highest BCUT2D eigenvalue weighted by atomic mass is 16.5. The van der Waals surface area contributed by atoms with Gasteiger partial charge in [-0.2, -0.15) is 0 Å². The molecule has 0 heterocycles. The summed E-state index contributed by atoms with van der Waals surface area (Å²) in [6, 6.07) is 7.45. The number of ether oxygens (including phenoxy) is 1. The molecule has 0 aromatic heterocycles. The maximum Gasteiger partial charge on any atom is 0.152 e. The zero-order valence-corrected chi connectivity index (χ0v) is 9.23. The lowest BCUT2D eigenvalue weighted by Crippen LogP contribution is -2.04. The average molecular weight is 205 g/mol. The highest BCUT2D eigenvalue weighted by molar-refractivity contribution is 6.07. The first-order valence-corrected chi connectivity index (χ1v) is 4.66. The standard InChI is InChI=1S/C12H15NO2/c1-13(2)8-10(9-14)11-6-4-5-7-12(11)15-3/h4-9H,1-3H3/b10-8-. The molecule has 1 rings (SSSR count). The monoisotopic (exact) mass is 205 g/mol. The number of para-hydroxylation sites is 1. The summed E-state index contributed by atoms with van der Waals surface area (Å²) < 4.78 is 5.19. The van der Waals surface area contributed by atoms with Gasteiger partial charge in [0.2, 0.25) is 0 Å². The largest absolute Gasteiger partial charge is 0.496 e. The van der Waals surface area contributed by atoms with E-state index in [4.69, 9.17) is 4.74 Å². The second kappa shape index (κ2) is 5.20. The predicted octanol–water partition coefficient (Wildman–Crippen LogP) is 1.80. The third-order valence-electron chi connectivity index (χ3n) is 1.94. The molecule has 0 N–H and O–H groups in total. The molecule has 0 saturated carbocycles. The van der Waals surface area contributed by atoms with Crippen molar-refractivity contribution in [3.8, 4) is 5.75 Å². The summed E-state index contributed by atoms with van der Waals surface area (Å²) >= 11 is 0. The first-order chi connectivity index (χ1) is 7.19. The van der Waals surface area contributed by atoms with Gasteiger partial charge in [0.25, 0.3) is 0 Å². The molecule has 80 valence electrons. The minimum atomic E-state index is 0.609. The van der Waals surface area contributed by atoms with E-state index in [-0.39, 0.29) is 0 Å². The SMILES string of the molecule is COc1ccccc1/C(C=O)=C\N(C)C. The van der Waals surface area contributed by atoms with Crippen LogP contribution in [0.25, 0.3) is 5.57 Å². The number of carbonyl (C=O) groups is 1. The summed E-state index contributed by atoms with van der Waals surface area (Å²) in [5.74, 6) is 0.706. The first-order valence-electron chi connectivity index (χ1n) is 4.66. The van der Waals surface area contributed by atoms with Gasteiger partial charge in [-0.05, 0) is 6.07 Å². The Morgan fingerprint density at radius 3 is 2.53 bits per heavy atom. The molecular weight excluding hydrogens is 190 g/mol. The van der Waals surface area contributed by atoms with Crippen molar-refractivity contribution in [2.24, 2.45) is 0 Å². The molecule has 0 aliphatic heterocycles. The Morgan fingerprint density at radius 2 is 2.00 bits per heavy atom. The van der Waals surface area contributed by atoms with Crippen LogP contribution >= 0.6 is 0 Å². The van der Waals surface area contributed by atoms with Gasteiger partial charge in [-0.3, -0.25) is 4.79 Å². The van der Waals surface area contributed by atoms with Crippen LogP contribution in [0.1, 0.15) is 5.56 Å². The zero-order valence-electron chi connectivity index (χ0n) is 9.23. The molecule has 0 aliphatic rings. The molecule has 0 amide bonds. The van der Waals surface area contributed by atoms with Crippen molar-refractivity contribution in [1.82, 2.24) is 4.90 Å². The molecule has 0 saturated heterocycles. The van der Waals surface area contributed by atoms with E-state index in [0.29, 0.717) is 11.3 Å². The molecule has 0 radical (unpaired) electrons. The quantitative estimate of drug-likeness (QED) is 0.554. The van der Waals surface area contributed by atoms with E-state index in [1.165, 1.54) is 0 Å². The maximum atomic E-state index is 11.0. The lowest BCUT2D eigenvalue weighted by atomic mass is 10.1. The molecule has 0 aliphatic carbocycles. The maximum absolute atomic E-state index is 11.0. The van der Waals surface area contributed by atoms with Crippen LogP contribution in [0.2, 0.25) is 0 Å². The van der Waals surface area contributed by atoms with Crippen LogP contribution in [0.15, 0.2) is 30.5 Å². The van der Waals surface area contributed by atoms with E-state index >= 15 is 0 Å². The van der Waals surface area contributed by atoms with Gasteiger partial charge >= 0.3 is 0 Å². The fraction of sp³-hybridized carbons (Fsp3) is 0.250. The van der Waals surface area contributed by atoms with Crippen molar-refractivity contribution in [2.45, 2.75) is 0 Å². The van der Waals surface area contributed by atoms with Crippen LogP contribution in [-0.4, -0.2) is 32.4 Å². The lowest BCUT2D eigenvalue weighted by molar-refractivity contribution is -0.103. The topological polar surface area (TPSA) is 29.5 Å². The third kappa shape index (κ3) is 2.84. The number of hydrogen-bond donors (Lipinski definition) is 0. The average Bonchev–Trinajstić information content (AvgIpc) is 2.25. The van der Waals surface area contributed by atoms with E-state index in [9.17, 15) is 4.79 Å². The number of carbonyl (C=O) groups excluding carboxylic acids is 1. The van der Waals surface area contributed by atoms with Crippen molar-refractivity contribution in [2.75, 3.05) is 21.2 Å². The second-order valence-electron chi connectivity index (χ2n) is 3.37. The van der Waals surface area contributed by atoms with Gasteiger partial charge in [0.05, 0.1) is 7.11 Å². The van der Waals surface area contributed by atoms with Crippen LogP contribution < -0.4 is 4.74 Å². The van der Waals surface area contributed by atoms with Gasteiger partial charge in [-0.25, -0.2) is 0 Å². The molecule has 15 heavy (non-hydrogen) atoms. The van der Waals surface area contributed by atoms with Gasteiger partial charge in [-0.15, -0.1) is 0 Å². The van der Waals surface area contributed by atoms with Gasteiger partial charge < -0.3 is 9.64 Å². The minimum absolute atomic E-state index is 0.609. The first kappa shape index (κ1) is 11.3. The van der Waals surface area contributed by atoms with Crippen LogP contribution in [0.5, 0.6) is 5.75 Å². The Kier molecular flexibility index (Phi) is 3.92. The number of nitrogens with zero attached hydrogens (tertiary/aromatic N) is 1. The lowest BCUT2D eigenvalue weighted by Gasteiger charge is -2.10. The van der Waals surface area contributed by atoms with Crippen molar-refractivity contribution in [3.63, 3.8) is 0 Å². The highest BCUT2D eigenvalue weighted by Gasteiger charge is 2.06. The number of benzene rings is 1. The highest BCUT2D eigenvalue weighted by Crippen LogP contribution is 2.24. The molecule has 0 bridgehead atoms. The van der Waals surface area contributed by atoms with E-state index in [1.54, 1.807) is 13.3 Å². The second-order valence-corrected chi connectivity index (χ2v) is 3.37. The summed E-state index contributed by atoms with van der Waals surface area (Å²) in [4.78, 5) is 12.8. The van der Waals surface area contributed by atoms with Crippen LogP contribution in [0.3, 0.4) is 0 Å². The van der Waals surface area contributed by atoms with Crippen molar-refractivity contribution < 1.29 is 9.53 Å². The Bertz CT molecular complexity index is 370. The Morgan fingerprint density at radius 1 is 1.33 bits per heavy atom. The summed E-state index contributed by atoms with van der Waals surface area (Å²) in [7, 11) is 5.34. The molecule has 0 spiro atoms. The van der Waals surface area contributed by atoms with E-state index in [1.807, 2.05) is 43.3 Å². The predicted molar refractivity (Wildman–Crippen MR) is 60.7 cm³/mol. The summed E-state index contributed by atoms with van der Waals surface area (Å²) in [6.07, 6.45) is 2.60. The molecular formula is C12H15NO2. The molecule has 0 atom stereocenters. The molecule has 1 aromatic rings. The van der Waals surface area contributed by atoms with Gasteiger partial charge in [0, 0.05) is 31.4 Å². The molecule has 0 fully saturated rings. The summed E-state index contributed by atoms with van der Waals surface area (Å²) in [5.41, 5.74) is 1.42. The third-order valence-corrected chi connectivity index (χ3v) is 1.94. The van der Waals surface area contributed by atoms with E-state index < -0.39 is 0 Å². The van der Waals surface area contributed by atoms with Crippen LogP contribution in [-0.2, 0) is 4.79 Å². The molecule has 0 unspecified atom stereocenters. The van der Waals surface area contributed by atoms with Gasteiger partial charge in [-0.1, -0.05) is 18.2 Å². The molecule has 3 nitrogen and oxygen atoms in total. The van der Waals surface area contributed by atoms with E-state index in [0.717, 1.165) is 11.8 Å². The fourth-order valence-electron chi connectivity index (χ4n) is 1.32. The zero-order chi connectivity index (χ0) is 11.3. The van der Waals surface area contributed by atoms with Crippen molar-refractivity contribution in [1.29, 1.82) is 0 Å². The number of allylic oxidation sites excluding steroid dienone is 1. The normalized spacial score (nSPS) is 11.0. The number of methoxy groups -OCH3 is 1. The molecule has 1 aromatic carbocycles. The molecule has 3 heteroatoms.